The molecular formula is C26H25BrClN3O4. The zero-order valence-electron chi connectivity index (χ0n) is 19.5. The summed E-state index contributed by atoms with van der Waals surface area (Å²) in [5, 5.41) is 6.90. The lowest BCUT2D eigenvalue weighted by Gasteiger charge is -2.15. The molecule has 35 heavy (non-hydrogen) atoms. The largest absolute Gasteiger partial charge is 0.490 e. The van der Waals surface area contributed by atoms with E-state index in [1.165, 1.54) is 6.21 Å². The standard InChI is InChI=1S/C26H25BrClN3O4/c1-4-34-23-13-19(12-20(27)24(23)35-15-18-8-5-7-16(2)11-18)14-29-31-26(33)25(32)30-22-10-6-9-21(28)17(22)3/h5-14H,4,15H2,1-3H3,(H,30,32)(H,31,33). The molecule has 0 bridgehead atoms. The first-order chi connectivity index (χ1) is 16.8. The molecule has 0 heterocycles. The van der Waals surface area contributed by atoms with Gasteiger partial charge in [0.05, 0.1) is 17.3 Å². The number of rotatable bonds is 8. The minimum absolute atomic E-state index is 0.380. The second kappa shape index (κ2) is 12.4. The Morgan fingerprint density at radius 2 is 1.83 bits per heavy atom. The number of carbonyl (C=O) groups is 2. The van der Waals surface area contributed by atoms with E-state index in [1.807, 2.05) is 32.0 Å². The molecule has 0 aliphatic heterocycles. The van der Waals surface area contributed by atoms with Crippen LogP contribution in [-0.4, -0.2) is 24.6 Å². The van der Waals surface area contributed by atoms with E-state index in [2.05, 4.69) is 37.8 Å². The van der Waals surface area contributed by atoms with Crippen LogP contribution in [0.5, 0.6) is 11.5 Å². The second-order valence-corrected chi connectivity index (χ2v) is 8.87. The maximum Gasteiger partial charge on any atom is 0.329 e. The van der Waals surface area contributed by atoms with Crippen molar-refractivity contribution in [3.05, 3.63) is 86.3 Å². The van der Waals surface area contributed by atoms with Crippen molar-refractivity contribution in [3.63, 3.8) is 0 Å². The van der Waals surface area contributed by atoms with E-state index in [0.717, 1.165) is 11.1 Å². The van der Waals surface area contributed by atoms with Crippen LogP contribution in [0, 0.1) is 13.8 Å². The molecular weight excluding hydrogens is 534 g/mol. The average molecular weight is 559 g/mol. The first-order valence-electron chi connectivity index (χ1n) is 10.8. The quantitative estimate of drug-likeness (QED) is 0.208. The molecule has 0 unspecified atom stereocenters. The van der Waals surface area contributed by atoms with Crippen molar-refractivity contribution in [3.8, 4) is 11.5 Å². The number of aryl methyl sites for hydroxylation is 1. The van der Waals surface area contributed by atoms with Gasteiger partial charge in [0.15, 0.2) is 11.5 Å². The Balaban J connectivity index is 1.66. The van der Waals surface area contributed by atoms with Crippen LogP contribution in [0.15, 0.2) is 64.2 Å². The predicted octanol–water partition coefficient (Wildman–Crippen LogP) is 5.79. The second-order valence-electron chi connectivity index (χ2n) is 7.61. The first kappa shape index (κ1) is 26.2. The highest BCUT2D eigenvalue weighted by molar-refractivity contribution is 9.10. The summed E-state index contributed by atoms with van der Waals surface area (Å²) in [6, 6.07) is 16.6. The molecule has 9 heteroatoms. The Bertz CT molecular complexity index is 1260. The van der Waals surface area contributed by atoms with Crippen molar-refractivity contribution in [1.82, 2.24) is 5.43 Å². The number of carbonyl (C=O) groups excluding carboxylic acids is 2. The van der Waals surface area contributed by atoms with Crippen LogP contribution in [0.3, 0.4) is 0 Å². The predicted molar refractivity (Wildman–Crippen MR) is 141 cm³/mol. The maximum absolute atomic E-state index is 12.2. The molecule has 3 aromatic carbocycles. The van der Waals surface area contributed by atoms with Crippen molar-refractivity contribution in [2.24, 2.45) is 5.10 Å². The summed E-state index contributed by atoms with van der Waals surface area (Å²) >= 11 is 9.57. The fourth-order valence-corrected chi connectivity index (χ4v) is 3.91. The summed E-state index contributed by atoms with van der Waals surface area (Å²) in [6.45, 7) is 6.47. The minimum Gasteiger partial charge on any atom is -0.490 e. The lowest BCUT2D eigenvalue weighted by molar-refractivity contribution is -0.136. The Morgan fingerprint density at radius 1 is 1.06 bits per heavy atom. The molecule has 0 saturated carbocycles. The van der Waals surface area contributed by atoms with E-state index in [-0.39, 0.29) is 0 Å². The number of benzene rings is 3. The molecule has 2 amide bonds. The zero-order chi connectivity index (χ0) is 25.4. The molecule has 3 aromatic rings. The number of hydrazone groups is 1. The van der Waals surface area contributed by atoms with E-state index in [4.69, 9.17) is 21.1 Å². The third kappa shape index (κ3) is 7.31. The van der Waals surface area contributed by atoms with Gasteiger partial charge in [-0.15, -0.1) is 0 Å². The number of amides is 2. The van der Waals surface area contributed by atoms with Gasteiger partial charge in [-0.25, -0.2) is 5.43 Å². The van der Waals surface area contributed by atoms with Crippen LogP contribution < -0.4 is 20.2 Å². The molecule has 0 fully saturated rings. The fourth-order valence-electron chi connectivity index (χ4n) is 3.16. The van der Waals surface area contributed by atoms with E-state index >= 15 is 0 Å². The minimum atomic E-state index is -0.914. The van der Waals surface area contributed by atoms with Crippen LogP contribution >= 0.6 is 27.5 Å². The van der Waals surface area contributed by atoms with E-state index in [9.17, 15) is 9.59 Å². The Labute approximate surface area is 217 Å². The van der Waals surface area contributed by atoms with Crippen molar-refractivity contribution in [1.29, 1.82) is 0 Å². The van der Waals surface area contributed by atoms with E-state index in [0.29, 0.717) is 51.0 Å². The Kier molecular flexibility index (Phi) is 9.28. The summed E-state index contributed by atoms with van der Waals surface area (Å²) in [6.07, 6.45) is 1.41. The maximum atomic E-state index is 12.2. The van der Waals surface area contributed by atoms with E-state index < -0.39 is 11.8 Å². The molecule has 0 aliphatic rings. The summed E-state index contributed by atoms with van der Waals surface area (Å²) < 4.78 is 12.4. The molecule has 2 N–H and O–H groups in total. The van der Waals surface area contributed by atoms with E-state index in [1.54, 1.807) is 37.3 Å². The highest BCUT2D eigenvalue weighted by Gasteiger charge is 2.15. The van der Waals surface area contributed by atoms with Gasteiger partial charge in [-0.1, -0.05) is 47.5 Å². The SMILES string of the molecule is CCOc1cc(C=NNC(=O)C(=O)Nc2cccc(Cl)c2C)cc(Br)c1OCc1cccc(C)c1. The van der Waals surface area contributed by atoms with Gasteiger partial charge in [0.2, 0.25) is 0 Å². The first-order valence-corrected chi connectivity index (χ1v) is 12.0. The number of anilines is 1. The number of hydrogen-bond acceptors (Lipinski definition) is 5. The number of halogens is 2. The molecule has 0 saturated heterocycles. The Hall–Kier alpha value is -3.36. The number of nitrogens with zero attached hydrogens (tertiary/aromatic N) is 1. The Morgan fingerprint density at radius 3 is 2.57 bits per heavy atom. The van der Waals surface area contributed by atoms with Crippen LogP contribution in [-0.2, 0) is 16.2 Å². The monoisotopic (exact) mass is 557 g/mol. The lowest BCUT2D eigenvalue weighted by atomic mass is 10.1. The van der Waals surface area contributed by atoms with Gasteiger partial charge < -0.3 is 14.8 Å². The summed E-state index contributed by atoms with van der Waals surface area (Å²) in [5.74, 6) is -0.686. The van der Waals surface area contributed by atoms with Crippen molar-refractivity contribution < 1.29 is 19.1 Å². The zero-order valence-corrected chi connectivity index (χ0v) is 21.9. The van der Waals surface area contributed by atoms with Crippen LogP contribution in [0.2, 0.25) is 5.02 Å². The fraction of sp³-hybridized carbons (Fsp3) is 0.192. The van der Waals surface area contributed by atoms with Gasteiger partial charge in [-0.2, -0.15) is 5.10 Å². The summed E-state index contributed by atoms with van der Waals surface area (Å²) in [5.41, 5.74) is 6.16. The third-order valence-electron chi connectivity index (χ3n) is 4.90. The molecule has 0 radical (unpaired) electrons. The van der Waals surface area contributed by atoms with Crippen molar-refractivity contribution in [2.45, 2.75) is 27.4 Å². The highest BCUT2D eigenvalue weighted by Crippen LogP contribution is 2.37. The van der Waals surface area contributed by atoms with Gasteiger partial charge in [-0.05, 0) is 77.7 Å². The molecule has 182 valence electrons. The number of ether oxygens (including phenoxy) is 2. The van der Waals surface area contributed by atoms with Gasteiger partial charge in [0.1, 0.15) is 6.61 Å². The normalized spacial score (nSPS) is 10.8. The van der Waals surface area contributed by atoms with Gasteiger partial charge >= 0.3 is 11.8 Å². The summed E-state index contributed by atoms with van der Waals surface area (Å²) in [7, 11) is 0. The molecule has 0 atom stereocenters. The molecule has 0 aliphatic carbocycles. The molecule has 0 aromatic heterocycles. The van der Waals surface area contributed by atoms with Crippen molar-refractivity contribution >= 4 is 51.2 Å². The van der Waals surface area contributed by atoms with Crippen molar-refractivity contribution in [2.75, 3.05) is 11.9 Å². The van der Waals surface area contributed by atoms with Crippen LogP contribution in [0.1, 0.15) is 29.2 Å². The third-order valence-corrected chi connectivity index (χ3v) is 5.90. The van der Waals surface area contributed by atoms with Gasteiger partial charge in [-0.3, -0.25) is 9.59 Å². The van der Waals surface area contributed by atoms with Gasteiger partial charge in [0, 0.05) is 10.7 Å². The molecule has 7 nitrogen and oxygen atoms in total. The topological polar surface area (TPSA) is 89.0 Å². The lowest BCUT2D eigenvalue weighted by Crippen LogP contribution is -2.32. The summed E-state index contributed by atoms with van der Waals surface area (Å²) in [4.78, 5) is 24.3. The average Bonchev–Trinajstić information content (AvgIpc) is 2.81. The highest BCUT2D eigenvalue weighted by atomic mass is 79.9. The smallest absolute Gasteiger partial charge is 0.329 e. The van der Waals surface area contributed by atoms with Gasteiger partial charge in [0.25, 0.3) is 0 Å². The van der Waals surface area contributed by atoms with Crippen LogP contribution in [0.4, 0.5) is 5.69 Å². The van der Waals surface area contributed by atoms with Crippen LogP contribution in [0.25, 0.3) is 0 Å². The molecule has 3 rings (SSSR count). The number of nitrogens with one attached hydrogen (secondary N) is 2. The number of hydrogen-bond donors (Lipinski definition) is 2. The molecule has 0 spiro atoms.